The van der Waals surface area contributed by atoms with Crippen molar-refractivity contribution in [3.63, 3.8) is 0 Å². The maximum Gasteiger partial charge on any atom is 0.00643 e. The van der Waals surface area contributed by atoms with Gasteiger partial charge < -0.3 is 4.90 Å². The third-order valence-corrected chi connectivity index (χ3v) is 1.89. The third-order valence-electron chi connectivity index (χ3n) is 1.89. The lowest BCUT2D eigenvalue weighted by molar-refractivity contribution is 0.331. The largest absolute Gasteiger partial charge is 0.304 e. The number of hydrogen-bond donors (Lipinski definition) is 0. The first-order valence-corrected chi connectivity index (χ1v) is 5.42. The number of nitrogens with zero attached hydrogens (tertiary/aromatic N) is 1. The Hall–Kier alpha value is -0.0400. The Morgan fingerprint density at radius 1 is 1.25 bits per heavy atom. The highest BCUT2D eigenvalue weighted by Gasteiger charge is 2.14. The van der Waals surface area contributed by atoms with Gasteiger partial charge in [0.1, 0.15) is 0 Å². The predicted molar refractivity (Wildman–Crippen MR) is 58.6 cm³/mol. The van der Waals surface area contributed by atoms with Crippen LogP contribution in [0.25, 0.3) is 0 Å². The Morgan fingerprint density at radius 2 is 1.67 bits per heavy atom. The van der Waals surface area contributed by atoms with Gasteiger partial charge >= 0.3 is 0 Å². The summed E-state index contributed by atoms with van der Waals surface area (Å²) in [6.45, 7) is 11.8. The Labute approximate surface area is 79.2 Å². The second kappa shape index (κ2) is 11.0. The highest BCUT2D eigenvalue weighted by Crippen LogP contribution is 2.12. The molecule has 1 unspecified atom stereocenters. The summed E-state index contributed by atoms with van der Waals surface area (Å²) < 4.78 is 0. The van der Waals surface area contributed by atoms with Crippen molar-refractivity contribution >= 4 is 0 Å². The molecule has 1 saturated heterocycles. The van der Waals surface area contributed by atoms with Crippen molar-refractivity contribution in [3.8, 4) is 0 Å². The molecule has 0 aromatic carbocycles. The second-order valence-corrected chi connectivity index (χ2v) is 3.18. The molecule has 1 rings (SSSR count). The van der Waals surface area contributed by atoms with E-state index in [1.54, 1.807) is 0 Å². The van der Waals surface area contributed by atoms with Gasteiger partial charge in [-0.05, 0) is 33.4 Å². The van der Waals surface area contributed by atoms with Crippen LogP contribution in [0.3, 0.4) is 0 Å². The molecule has 1 heteroatoms. The van der Waals surface area contributed by atoms with Crippen LogP contribution in [-0.4, -0.2) is 24.5 Å². The summed E-state index contributed by atoms with van der Waals surface area (Å²) in [6.07, 6.45) is 4.05. The van der Waals surface area contributed by atoms with E-state index in [0.29, 0.717) is 0 Å². The van der Waals surface area contributed by atoms with Crippen LogP contribution in [0.1, 0.15) is 53.9 Å². The quantitative estimate of drug-likeness (QED) is 0.541. The van der Waals surface area contributed by atoms with Crippen molar-refractivity contribution in [2.75, 3.05) is 13.6 Å². The third kappa shape index (κ3) is 8.06. The SMILES string of the molecule is CC.CC1CCCN1C.CCC. The minimum absolute atomic E-state index is 0.847. The summed E-state index contributed by atoms with van der Waals surface area (Å²) in [4.78, 5) is 2.40. The van der Waals surface area contributed by atoms with E-state index in [9.17, 15) is 0 Å². The average Bonchev–Trinajstić information content (AvgIpc) is 2.42. The van der Waals surface area contributed by atoms with Crippen molar-refractivity contribution in [2.45, 2.75) is 59.9 Å². The fraction of sp³-hybridized carbons (Fsp3) is 1.00. The summed E-state index contributed by atoms with van der Waals surface area (Å²) in [7, 11) is 2.19. The minimum Gasteiger partial charge on any atom is -0.304 e. The smallest absolute Gasteiger partial charge is 0.00643 e. The van der Waals surface area contributed by atoms with Gasteiger partial charge in [-0.15, -0.1) is 0 Å². The maximum absolute atomic E-state index is 2.40. The molecule has 0 bridgehead atoms. The van der Waals surface area contributed by atoms with E-state index < -0.39 is 0 Å². The maximum atomic E-state index is 2.40. The van der Waals surface area contributed by atoms with Crippen LogP contribution in [0.4, 0.5) is 0 Å². The Morgan fingerprint density at radius 3 is 1.75 bits per heavy atom. The van der Waals surface area contributed by atoms with Crippen molar-refractivity contribution in [1.82, 2.24) is 4.90 Å². The van der Waals surface area contributed by atoms with Crippen LogP contribution in [0.5, 0.6) is 0 Å². The van der Waals surface area contributed by atoms with Gasteiger partial charge in [0.05, 0.1) is 0 Å². The van der Waals surface area contributed by atoms with Crippen LogP contribution in [-0.2, 0) is 0 Å². The minimum atomic E-state index is 0.847. The number of rotatable bonds is 0. The molecule has 0 amide bonds. The Balaban J connectivity index is 0. The molecule has 0 saturated carbocycles. The molecule has 1 heterocycles. The molecule has 0 spiro atoms. The zero-order valence-corrected chi connectivity index (χ0v) is 9.85. The van der Waals surface area contributed by atoms with Crippen molar-refractivity contribution in [3.05, 3.63) is 0 Å². The lowest BCUT2D eigenvalue weighted by Crippen LogP contribution is -2.20. The fourth-order valence-electron chi connectivity index (χ4n) is 1.08. The van der Waals surface area contributed by atoms with Crippen molar-refractivity contribution in [2.24, 2.45) is 0 Å². The predicted octanol–water partition coefficient (Wildman–Crippen LogP) is 3.54. The molecule has 12 heavy (non-hydrogen) atoms. The van der Waals surface area contributed by atoms with Gasteiger partial charge in [-0.3, -0.25) is 0 Å². The molecule has 0 N–H and O–H groups in total. The molecule has 1 aliphatic heterocycles. The summed E-state index contributed by atoms with van der Waals surface area (Å²) in [6, 6.07) is 0.847. The first-order valence-electron chi connectivity index (χ1n) is 5.42. The van der Waals surface area contributed by atoms with Gasteiger partial charge in [-0.1, -0.05) is 34.1 Å². The lowest BCUT2D eigenvalue weighted by Gasteiger charge is -2.12. The van der Waals surface area contributed by atoms with Gasteiger partial charge in [0.25, 0.3) is 0 Å². The highest BCUT2D eigenvalue weighted by atomic mass is 15.1. The Bertz CT molecular complexity index is 63.4. The van der Waals surface area contributed by atoms with E-state index in [4.69, 9.17) is 0 Å². The van der Waals surface area contributed by atoms with E-state index in [0.717, 1.165) is 6.04 Å². The molecule has 0 radical (unpaired) electrons. The number of likely N-dealkylation sites (tertiary alicyclic amines) is 1. The molecule has 76 valence electrons. The van der Waals surface area contributed by atoms with Crippen LogP contribution >= 0.6 is 0 Å². The molecule has 0 aliphatic carbocycles. The summed E-state index contributed by atoms with van der Waals surface area (Å²) in [5.74, 6) is 0. The molecule has 0 aromatic rings. The van der Waals surface area contributed by atoms with Crippen LogP contribution in [0, 0.1) is 0 Å². The second-order valence-electron chi connectivity index (χ2n) is 3.18. The first kappa shape index (κ1) is 14.5. The summed E-state index contributed by atoms with van der Waals surface area (Å²) in [5.41, 5.74) is 0. The first-order chi connectivity index (χ1) is 5.72. The van der Waals surface area contributed by atoms with Crippen LogP contribution in [0.2, 0.25) is 0 Å². The summed E-state index contributed by atoms with van der Waals surface area (Å²) in [5, 5.41) is 0. The summed E-state index contributed by atoms with van der Waals surface area (Å²) >= 11 is 0. The van der Waals surface area contributed by atoms with Gasteiger partial charge in [0.2, 0.25) is 0 Å². The molecule has 1 atom stereocenters. The molecule has 1 nitrogen and oxygen atoms in total. The van der Waals surface area contributed by atoms with Gasteiger partial charge in [-0.2, -0.15) is 0 Å². The Kier molecular flexibility index (Phi) is 13.2. The van der Waals surface area contributed by atoms with Crippen LogP contribution in [0.15, 0.2) is 0 Å². The van der Waals surface area contributed by atoms with Crippen LogP contribution < -0.4 is 0 Å². The zero-order valence-electron chi connectivity index (χ0n) is 9.85. The van der Waals surface area contributed by atoms with E-state index >= 15 is 0 Å². The molecular weight excluding hydrogens is 146 g/mol. The average molecular weight is 173 g/mol. The molecular formula is C11H27N. The van der Waals surface area contributed by atoms with E-state index in [2.05, 4.69) is 32.7 Å². The molecule has 1 fully saturated rings. The van der Waals surface area contributed by atoms with Gasteiger partial charge in [-0.25, -0.2) is 0 Å². The topological polar surface area (TPSA) is 3.24 Å². The lowest BCUT2D eigenvalue weighted by atomic mass is 10.3. The molecule has 0 aromatic heterocycles. The van der Waals surface area contributed by atoms with Gasteiger partial charge in [0, 0.05) is 6.04 Å². The number of hydrogen-bond acceptors (Lipinski definition) is 1. The monoisotopic (exact) mass is 173 g/mol. The van der Waals surface area contributed by atoms with Gasteiger partial charge in [0.15, 0.2) is 0 Å². The zero-order chi connectivity index (χ0) is 9.98. The highest BCUT2D eigenvalue weighted by molar-refractivity contribution is 4.70. The van der Waals surface area contributed by atoms with E-state index in [1.165, 1.54) is 25.8 Å². The van der Waals surface area contributed by atoms with E-state index in [1.807, 2.05) is 13.8 Å². The fourth-order valence-corrected chi connectivity index (χ4v) is 1.08. The normalized spacial score (nSPS) is 22.0. The standard InChI is InChI=1S/C6H13N.C3H8.C2H6/c1-6-4-3-5-7(6)2;1-3-2;1-2/h6H,3-5H2,1-2H3;3H2,1-2H3;1-2H3. The van der Waals surface area contributed by atoms with Crippen molar-refractivity contribution in [1.29, 1.82) is 0 Å². The van der Waals surface area contributed by atoms with E-state index in [-0.39, 0.29) is 0 Å². The molecule has 1 aliphatic rings. The van der Waals surface area contributed by atoms with Crippen molar-refractivity contribution < 1.29 is 0 Å².